The van der Waals surface area contributed by atoms with Gasteiger partial charge in [0.05, 0.1) is 18.7 Å². The molecule has 8 heteroatoms. The normalized spacial score (nSPS) is 17.8. The standard InChI is InChI=1S/C16H18F2N2O4/c1-16(2,15(23)24-3)19-14(22)9-6-13(21)20(8-9)12-5-4-10(17)7-11(12)18/h4-5,7,9H,6,8H2,1-3H3,(H,19,22). The van der Waals surface area contributed by atoms with Crippen LogP contribution in [0.4, 0.5) is 14.5 Å². The van der Waals surface area contributed by atoms with Gasteiger partial charge in [-0.3, -0.25) is 9.59 Å². The van der Waals surface area contributed by atoms with Gasteiger partial charge in [-0.25, -0.2) is 13.6 Å². The van der Waals surface area contributed by atoms with Crippen molar-refractivity contribution in [2.24, 2.45) is 5.92 Å². The summed E-state index contributed by atoms with van der Waals surface area (Å²) in [5, 5.41) is 2.52. The molecular weight excluding hydrogens is 322 g/mol. The number of methoxy groups -OCH3 is 1. The number of carbonyl (C=O) groups excluding carboxylic acids is 3. The number of halogens is 2. The molecule has 0 bridgehead atoms. The third-order valence-electron chi connectivity index (χ3n) is 3.83. The highest BCUT2D eigenvalue weighted by molar-refractivity contribution is 6.01. The minimum absolute atomic E-state index is 0.0511. The van der Waals surface area contributed by atoms with Gasteiger partial charge in [-0.05, 0) is 26.0 Å². The van der Waals surface area contributed by atoms with Gasteiger partial charge in [0.15, 0.2) is 0 Å². The molecule has 0 spiro atoms. The van der Waals surface area contributed by atoms with Crippen molar-refractivity contribution in [3.8, 4) is 0 Å². The molecule has 1 atom stereocenters. The summed E-state index contributed by atoms with van der Waals surface area (Å²) in [5.41, 5.74) is -1.33. The quantitative estimate of drug-likeness (QED) is 0.841. The van der Waals surface area contributed by atoms with Crippen LogP contribution in [-0.4, -0.2) is 37.0 Å². The Morgan fingerprint density at radius 2 is 2.00 bits per heavy atom. The van der Waals surface area contributed by atoms with Gasteiger partial charge in [0.1, 0.15) is 17.2 Å². The van der Waals surface area contributed by atoms with E-state index in [1.807, 2.05) is 0 Å². The van der Waals surface area contributed by atoms with E-state index in [2.05, 4.69) is 10.1 Å². The van der Waals surface area contributed by atoms with Gasteiger partial charge in [0.2, 0.25) is 11.8 Å². The second-order valence-corrected chi connectivity index (χ2v) is 6.11. The molecule has 0 aliphatic carbocycles. The summed E-state index contributed by atoms with van der Waals surface area (Å²) >= 11 is 0. The summed E-state index contributed by atoms with van der Waals surface area (Å²) in [5.74, 6) is -3.95. The molecule has 0 saturated carbocycles. The molecule has 1 saturated heterocycles. The number of nitrogens with one attached hydrogen (secondary N) is 1. The lowest BCUT2D eigenvalue weighted by Crippen LogP contribution is -2.52. The highest BCUT2D eigenvalue weighted by Gasteiger charge is 2.39. The van der Waals surface area contributed by atoms with Crippen molar-refractivity contribution in [1.82, 2.24) is 5.32 Å². The second kappa shape index (κ2) is 6.54. The lowest BCUT2D eigenvalue weighted by molar-refractivity contribution is -0.149. The average Bonchev–Trinajstić information content (AvgIpc) is 2.88. The lowest BCUT2D eigenvalue weighted by atomic mass is 10.0. The first kappa shape index (κ1) is 17.8. The Hall–Kier alpha value is -2.51. The minimum Gasteiger partial charge on any atom is -0.467 e. The van der Waals surface area contributed by atoms with Gasteiger partial charge >= 0.3 is 5.97 Å². The zero-order valence-corrected chi connectivity index (χ0v) is 13.6. The Balaban J connectivity index is 2.12. The maximum absolute atomic E-state index is 13.8. The van der Waals surface area contributed by atoms with Crippen LogP contribution in [0.1, 0.15) is 20.3 Å². The Morgan fingerprint density at radius 3 is 2.58 bits per heavy atom. The number of esters is 1. The molecule has 0 radical (unpaired) electrons. The molecule has 0 aromatic heterocycles. The van der Waals surface area contributed by atoms with Crippen LogP contribution >= 0.6 is 0 Å². The van der Waals surface area contributed by atoms with Crippen LogP contribution in [0.3, 0.4) is 0 Å². The van der Waals surface area contributed by atoms with Crippen molar-refractivity contribution in [2.75, 3.05) is 18.6 Å². The van der Waals surface area contributed by atoms with E-state index in [-0.39, 0.29) is 18.7 Å². The fraction of sp³-hybridized carbons (Fsp3) is 0.438. The summed E-state index contributed by atoms with van der Waals surface area (Å²) in [6.45, 7) is 2.90. The number of benzene rings is 1. The van der Waals surface area contributed by atoms with Gasteiger partial charge in [-0.1, -0.05) is 0 Å². The number of carbonyl (C=O) groups is 3. The van der Waals surface area contributed by atoms with Crippen LogP contribution in [0.5, 0.6) is 0 Å². The highest BCUT2D eigenvalue weighted by atomic mass is 19.1. The fourth-order valence-electron chi connectivity index (χ4n) is 2.53. The van der Waals surface area contributed by atoms with Crippen molar-refractivity contribution >= 4 is 23.5 Å². The van der Waals surface area contributed by atoms with Crippen molar-refractivity contribution in [3.05, 3.63) is 29.8 Å². The van der Waals surface area contributed by atoms with Crippen LogP contribution < -0.4 is 10.2 Å². The largest absolute Gasteiger partial charge is 0.467 e. The molecule has 24 heavy (non-hydrogen) atoms. The first-order valence-electron chi connectivity index (χ1n) is 7.31. The van der Waals surface area contributed by atoms with E-state index in [0.29, 0.717) is 6.07 Å². The van der Waals surface area contributed by atoms with Crippen LogP contribution in [0, 0.1) is 17.6 Å². The molecule has 1 aromatic rings. The first-order valence-corrected chi connectivity index (χ1v) is 7.31. The molecule has 1 fully saturated rings. The molecule has 130 valence electrons. The summed E-state index contributed by atoms with van der Waals surface area (Å²) < 4.78 is 31.4. The number of nitrogens with zero attached hydrogens (tertiary/aromatic N) is 1. The van der Waals surface area contributed by atoms with Gasteiger partial charge in [0, 0.05) is 19.0 Å². The van der Waals surface area contributed by atoms with Crippen LogP contribution in [0.15, 0.2) is 18.2 Å². The van der Waals surface area contributed by atoms with Gasteiger partial charge in [-0.2, -0.15) is 0 Å². The van der Waals surface area contributed by atoms with E-state index >= 15 is 0 Å². The Morgan fingerprint density at radius 1 is 1.33 bits per heavy atom. The van der Waals surface area contributed by atoms with Crippen molar-refractivity contribution < 1.29 is 27.9 Å². The fourth-order valence-corrected chi connectivity index (χ4v) is 2.53. The van der Waals surface area contributed by atoms with E-state index in [4.69, 9.17) is 0 Å². The van der Waals surface area contributed by atoms with Gasteiger partial charge in [0.25, 0.3) is 0 Å². The third kappa shape index (κ3) is 3.52. The third-order valence-corrected chi connectivity index (χ3v) is 3.83. The van der Waals surface area contributed by atoms with E-state index in [9.17, 15) is 23.2 Å². The predicted molar refractivity (Wildman–Crippen MR) is 81.1 cm³/mol. The van der Waals surface area contributed by atoms with E-state index in [0.717, 1.165) is 17.0 Å². The van der Waals surface area contributed by atoms with Crippen LogP contribution in [0.25, 0.3) is 0 Å². The van der Waals surface area contributed by atoms with Crippen LogP contribution in [0.2, 0.25) is 0 Å². The molecular formula is C16H18F2N2O4. The molecule has 2 amide bonds. The topological polar surface area (TPSA) is 75.7 Å². The molecule has 1 N–H and O–H groups in total. The minimum atomic E-state index is -1.25. The number of rotatable bonds is 4. The first-order chi connectivity index (χ1) is 11.2. The number of hydrogen-bond acceptors (Lipinski definition) is 4. The number of ether oxygens (including phenoxy) is 1. The number of amides is 2. The summed E-state index contributed by atoms with van der Waals surface area (Å²) in [6, 6.07) is 2.87. The Kier molecular flexibility index (Phi) is 4.86. The molecule has 1 aliphatic heterocycles. The molecule has 1 heterocycles. The zero-order valence-electron chi connectivity index (χ0n) is 13.6. The average molecular weight is 340 g/mol. The molecule has 1 unspecified atom stereocenters. The Bertz CT molecular complexity index is 691. The monoisotopic (exact) mass is 340 g/mol. The highest BCUT2D eigenvalue weighted by Crippen LogP contribution is 2.28. The summed E-state index contributed by atoms with van der Waals surface area (Å²) in [4.78, 5) is 37.1. The van der Waals surface area contributed by atoms with Crippen LogP contribution in [-0.2, 0) is 19.1 Å². The summed E-state index contributed by atoms with van der Waals surface area (Å²) in [6.07, 6.45) is -0.125. The molecule has 2 rings (SSSR count). The van der Waals surface area contributed by atoms with Gasteiger partial charge in [-0.15, -0.1) is 0 Å². The van der Waals surface area contributed by atoms with Crippen molar-refractivity contribution in [1.29, 1.82) is 0 Å². The van der Waals surface area contributed by atoms with E-state index in [1.165, 1.54) is 21.0 Å². The summed E-state index contributed by atoms with van der Waals surface area (Å²) in [7, 11) is 1.20. The maximum atomic E-state index is 13.8. The van der Waals surface area contributed by atoms with Crippen molar-refractivity contribution in [2.45, 2.75) is 25.8 Å². The second-order valence-electron chi connectivity index (χ2n) is 6.11. The zero-order chi connectivity index (χ0) is 18.1. The molecule has 6 nitrogen and oxygen atoms in total. The lowest BCUT2D eigenvalue weighted by Gasteiger charge is -2.25. The van der Waals surface area contributed by atoms with Gasteiger partial charge < -0.3 is 15.0 Å². The smallest absolute Gasteiger partial charge is 0.330 e. The van der Waals surface area contributed by atoms with E-state index < -0.39 is 40.9 Å². The maximum Gasteiger partial charge on any atom is 0.330 e. The number of anilines is 1. The Labute approximate surface area is 137 Å². The number of hydrogen-bond donors (Lipinski definition) is 1. The predicted octanol–water partition coefficient (Wildman–Crippen LogP) is 1.39. The molecule has 1 aliphatic rings. The van der Waals surface area contributed by atoms with Crippen molar-refractivity contribution in [3.63, 3.8) is 0 Å². The van der Waals surface area contributed by atoms with E-state index in [1.54, 1.807) is 0 Å². The SMILES string of the molecule is COC(=O)C(C)(C)NC(=O)C1CC(=O)N(c2ccc(F)cc2F)C1. The molecule has 1 aromatic carbocycles.